The van der Waals surface area contributed by atoms with Crippen molar-refractivity contribution in [3.63, 3.8) is 0 Å². The number of likely N-dealkylation sites (tertiary alicyclic amines) is 1. The van der Waals surface area contributed by atoms with Crippen LogP contribution in [0.2, 0.25) is 0 Å². The minimum Gasteiger partial charge on any atom is -0.480 e. The van der Waals surface area contributed by atoms with E-state index in [2.05, 4.69) is 0 Å². The van der Waals surface area contributed by atoms with Crippen LogP contribution < -0.4 is 0 Å². The monoisotopic (exact) mass is 259 g/mol. The molecule has 1 aliphatic rings. The fourth-order valence-electron chi connectivity index (χ4n) is 1.87. The van der Waals surface area contributed by atoms with Gasteiger partial charge < -0.3 is 14.9 Å². The predicted molar refractivity (Wildman–Crippen MR) is 60.2 cm³/mol. The highest BCUT2D eigenvalue weighted by Gasteiger charge is 2.46. The Morgan fingerprint density at radius 1 is 1.06 bits per heavy atom. The molecule has 7 nitrogen and oxygen atoms in total. The van der Waals surface area contributed by atoms with E-state index in [1.807, 2.05) is 0 Å². The second kappa shape index (κ2) is 4.83. The average molecular weight is 259 g/mol. The summed E-state index contributed by atoms with van der Waals surface area (Å²) in [7, 11) is 0. The first-order chi connectivity index (χ1) is 8.13. The van der Waals surface area contributed by atoms with Gasteiger partial charge in [-0.25, -0.2) is 14.4 Å². The van der Waals surface area contributed by atoms with Gasteiger partial charge in [-0.1, -0.05) is 0 Å². The van der Waals surface area contributed by atoms with E-state index in [1.54, 1.807) is 20.8 Å². The molecular formula is C11H17NO6. The quantitative estimate of drug-likeness (QED) is 0.764. The zero-order valence-electron chi connectivity index (χ0n) is 10.5. The second-order valence-corrected chi connectivity index (χ2v) is 5.17. The molecule has 1 rings (SSSR count). The third-order valence-electron chi connectivity index (χ3n) is 2.56. The van der Waals surface area contributed by atoms with Crippen LogP contribution in [-0.2, 0) is 14.3 Å². The van der Waals surface area contributed by atoms with Gasteiger partial charge in [0.25, 0.3) is 0 Å². The highest BCUT2D eigenvalue weighted by Crippen LogP contribution is 2.27. The second-order valence-electron chi connectivity index (χ2n) is 5.17. The van der Waals surface area contributed by atoms with Crippen LogP contribution in [0.15, 0.2) is 0 Å². The molecule has 7 heteroatoms. The van der Waals surface area contributed by atoms with Crippen molar-refractivity contribution < 1.29 is 29.3 Å². The lowest BCUT2D eigenvalue weighted by Gasteiger charge is -2.29. The molecule has 0 aliphatic carbocycles. The van der Waals surface area contributed by atoms with E-state index in [0.717, 1.165) is 4.90 Å². The van der Waals surface area contributed by atoms with Crippen molar-refractivity contribution in [3.8, 4) is 0 Å². The Morgan fingerprint density at radius 3 is 1.72 bits per heavy atom. The van der Waals surface area contributed by atoms with E-state index in [4.69, 9.17) is 14.9 Å². The van der Waals surface area contributed by atoms with E-state index in [1.165, 1.54) is 0 Å². The van der Waals surface area contributed by atoms with Gasteiger partial charge in [-0.05, 0) is 33.6 Å². The van der Waals surface area contributed by atoms with Crippen molar-refractivity contribution in [2.75, 3.05) is 0 Å². The lowest BCUT2D eigenvalue weighted by atomic mass is 10.2. The summed E-state index contributed by atoms with van der Waals surface area (Å²) >= 11 is 0. The number of carboxylic acid groups (broad SMARTS) is 2. The average Bonchev–Trinajstić information content (AvgIpc) is 2.58. The Bertz CT molecular complexity index is 350. The summed E-state index contributed by atoms with van der Waals surface area (Å²) in [6.45, 7) is 4.89. The lowest BCUT2D eigenvalue weighted by molar-refractivity contribution is -0.146. The maximum atomic E-state index is 11.9. The minimum absolute atomic E-state index is 0.117. The van der Waals surface area contributed by atoms with E-state index in [9.17, 15) is 14.4 Å². The third kappa shape index (κ3) is 3.12. The van der Waals surface area contributed by atoms with Crippen LogP contribution >= 0.6 is 0 Å². The standard InChI is InChI=1S/C11H17NO6/c1-11(2,3)18-10(17)12-6(8(13)14)4-5-7(12)9(15)16/h6-7H,4-5H2,1-3H3,(H,13,14)(H,15,16)/t6-,7-/m0/s1. The lowest BCUT2D eigenvalue weighted by Crippen LogP contribution is -2.49. The zero-order chi connectivity index (χ0) is 14.1. The highest BCUT2D eigenvalue weighted by molar-refractivity contribution is 5.87. The molecule has 1 aliphatic heterocycles. The van der Waals surface area contributed by atoms with Crippen LogP contribution in [-0.4, -0.2) is 50.8 Å². The smallest absolute Gasteiger partial charge is 0.411 e. The first-order valence-corrected chi connectivity index (χ1v) is 5.60. The number of carboxylic acids is 2. The van der Waals surface area contributed by atoms with Gasteiger partial charge in [-0.3, -0.25) is 4.90 Å². The summed E-state index contributed by atoms with van der Waals surface area (Å²) in [5.74, 6) is -2.44. The molecule has 0 saturated carbocycles. The Kier molecular flexibility index (Phi) is 3.83. The Balaban J connectivity index is 2.93. The SMILES string of the molecule is CC(C)(C)OC(=O)N1[C@H](C(=O)O)CC[C@H]1C(=O)O. The third-order valence-corrected chi connectivity index (χ3v) is 2.56. The number of hydrogen-bond donors (Lipinski definition) is 2. The Hall–Kier alpha value is -1.79. The summed E-state index contributed by atoms with van der Waals surface area (Å²) in [6.07, 6.45) is -0.670. The van der Waals surface area contributed by atoms with Crippen molar-refractivity contribution in [2.24, 2.45) is 0 Å². The van der Waals surface area contributed by atoms with Crippen molar-refractivity contribution in [1.82, 2.24) is 4.90 Å². The van der Waals surface area contributed by atoms with Crippen LogP contribution in [0.25, 0.3) is 0 Å². The maximum Gasteiger partial charge on any atom is 0.411 e. The predicted octanol–water partition coefficient (Wildman–Crippen LogP) is 0.924. The number of hydrogen-bond acceptors (Lipinski definition) is 4. The first-order valence-electron chi connectivity index (χ1n) is 5.60. The minimum atomic E-state index is -1.22. The molecule has 0 aromatic carbocycles. The van der Waals surface area contributed by atoms with Gasteiger partial charge in [0.2, 0.25) is 0 Å². The molecule has 0 aromatic rings. The van der Waals surface area contributed by atoms with Gasteiger partial charge in [-0.2, -0.15) is 0 Å². The van der Waals surface area contributed by atoms with Crippen LogP contribution in [0, 0.1) is 0 Å². The number of carbonyl (C=O) groups excluding carboxylic acids is 1. The van der Waals surface area contributed by atoms with Gasteiger partial charge in [-0.15, -0.1) is 0 Å². The van der Waals surface area contributed by atoms with Gasteiger partial charge in [0.05, 0.1) is 0 Å². The summed E-state index contributed by atoms with van der Waals surface area (Å²) in [5, 5.41) is 18.0. The van der Waals surface area contributed by atoms with E-state index in [0.29, 0.717) is 0 Å². The highest BCUT2D eigenvalue weighted by atomic mass is 16.6. The Labute approximate surface area is 104 Å². The van der Waals surface area contributed by atoms with Crippen molar-refractivity contribution in [2.45, 2.75) is 51.3 Å². The van der Waals surface area contributed by atoms with Crippen LogP contribution in [0.3, 0.4) is 0 Å². The molecule has 18 heavy (non-hydrogen) atoms. The zero-order valence-corrected chi connectivity index (χ0v) is 10.5. The number of amides is 1. The van der Waals surface area contributed by atoms with Crippen molar-refractivity contribution in [3.05, 3.63) is 0 Å². The first kappa shape index (κ1) is 14.3. The fourth-order valence-corrected chi connectivity index (χ4v) is 1.87. The summed E-state index contributed by atoms with van der Waals surface area (Å²) < 4.78 is 5.04. The summed E-state index contributed by atoms with van der Waals surface area (Å²) in [5.41, 5.74) is -0.800. The van der Waals surface area contributed by atoms with Crippen LogP contribution in [0.1, 0.15) is 33.6 Å². The summed E-state index contributed by atoms with van der Waals surface area (Å²) in [6, 6.07) is -2.28. The molecule has 0 unspecified atom stereocenters. The molecule has 2 atom stereocenters. The topological polar surface area (TPSA) is 104 Å². The molecule has 1 fully saturated rings. The molecule has 102 valence electrons. The normalized spacial score (nSPS) is 23.8. The van der Waals surface area contributed by atoms with E-state index < -0.39 is 35.7 Å². The van der Waals surface area contributed by atoms with Gasteiger partial charge in [0.15, 0.2) is 0 Å². The Morgan fingerprint density at radius 2 is 1.44 bits per heavy atom. The van der Waals surface area contributed by atoms with E-state index in [-0.39, 0.29) is 12.8 Å². The number of carbonyl (C=O) groups is 3. The molecule has 0 bridgehead atoms. The molecule has 1 saturated heterocycles. The maximum absolute atomic E-state index is 11.9. The van der Waals surface area contributed by atoms with Gasteiger partial charge >= 0.3 is 18.0 Å². The number of ether oxygens (including phenoxy) is 1. The molecule has 0 spiro atoms. The molecular weight excluding hydrogens is 242 g/mol. The number of nitrogens with zero attached hydrogens (tertiary/aromatic N) is 1. The largest absolute Gasteiger partial charge is 0.480 e. The summed E-state index contributed by atoms with van der Waals surface area (Å²) in [4.78, 5) is 34.7. The van der Waals surface area contributed by atoms with Gasteiger partial charge in [0, 0.05) is 0 Å². The molecule has 1 heterocycles. The number of rotatable bonds is 2. The van der Waals surface area contributed by atoms with Crippen molar-refractivity contribution in [1.29, 1.82) is 0 Å². The molecule has 1 amide bonds. The van der Waals surface area contributed by atoms with Gasteiger partial charge in [0.1, 0.15) is 17.7 Å². The number of aliphatic carboxylic acids is 2. The fraction of sp³-hybridized carbons (Fsp3) is 0.727. The molecule has 0 aromatic heterocycles. The van der Waals surface area contributed by atoms with Crippen LogP contribution in [0.5, 0.6) is 0 Å². The molecule has 2 N–H and O–H groups in total. The molecule has 0 radical (unpaired) electrons. The van der Waals surface area contributed by atoms with Crippen LogP contribution in [0.4, 0.5) is 4.79 Å². The van der Waals surface area contributed by atoms with E-state index >= 15 is 0 Å². The van der Waals surface area contributed by atoms with Crippen molar-refractivity contribution >= 4 is 18.0 Å².